The van der Waals surface area contributed by atoms with Gasteiger partial charge in [0.05, 0.1) is 0 Å². The second kappa shape index (κ2) is 9.74. The van der Waals surface area contributed by atoms with Crippen LogP contribution in [0.15, 0.2) is 30.3 Å². The van der Waals surface area contributed by atoms with Crippen LogP contribution in [0.4, 0.5) is 4.79 Å². The summed E-state index contributed by atoms with van der Waals surface area (Å²) in [6.45, 7) is 7.11. The second-order valence-corrected chi connectivity index (χ2v) is 7.59. The highest BCUT2D eigenvalue weighted by Gasteiger charge is 2.27. The first-order chi connectivity index (χ1) is 13.2. The molecule has 2 heterocycles. The highest BCUT2D eigenvalue weighted by Crippen LogP contribution is 2.19. The lowest BCUT2D eigenvalue weighted by molar-refractivity contribution is -0.130. The molecule has 2 aliphatic heterocycles. The fraction of sp³-hybridized carbons (Fsp3) is 0.619. The number of nitrogens with one attached hydrogen (secondary N) is 1. The van der Waals surface area contributed by atoms with Gasteiger partial charge in [-0.05, 0) is 37.8 Å². The van der Waals surface area contributed by atoms with E-state index in [0.717, 1.165) is 45.4 Å². The van der Waals surface area contributed by atoms with E-state index in [0.29, 0.717) is 19.1 Å². The number of amides is 3. The minimum Gasteiger partial charge on any atom is -0.341 e. The van der Waals surface area contributed by atoms with Crippen molar-refractivity contribution in [1.82, 2.24) is 20.0 Å². The monoisotopic (exact) mass is 372 g/mol. The molecule has 0 spiro atoms. The quantitative estimate of drug-likeness (QED) is 0.834. The molecule has 0 aliphatic carbocycles. The Labute approximate surface area is 162 Å². The van der Waals surface area contributed by atoms with Crippen molar-refractivity contribution >= 4 is 11.9 Å². The predicted octanol–water partition coefficient (Wildman–Crippen LogP) is 2.30. The third-order valence-corrected chi connectivity index (χ3v) is 5.53. The molecule has 3 amide bonds. The van der Waals surface area contributed by atoms with Crippen LogP contribution in [-0.2, 0) is 11.3 Å². The van der Waals surface area contributed by atoms with Crippen LogP contribution in [0.1, 0.15) is 38.2 Å². The summed E-state index contributed by atoms with van der Waals surface area (Å²) in [5.41, 5.74) is 1.31. The van der Waals surface area contributed by atoms with Gasteiger partial charge in [-0.1, -0.05) is 37.3 Å². The van der Waals surface area contributed by atoms with Gasteiger partial charge in [-0.15, -0.1) is 0 Å². The van der Waals surface area contributed by atoms with Crippen LogP contribution >= 0.6 is 0 Å². The predicted molar refractivity (Wildman–Crippen MR) is 106 cm³/mol. The fourth-order valence-corrected chi connectivity index (χ4v) is 4.07. The Hall–Kier alpha value is -2.08. The van der Waals surface area contributed by atoms with Gasteiger partial charge in [0, 0.05) is 38.8 Å². The van der Waals surface area contributed by atoms with E-state index in [2.05, 4.69) is 41.4 Å². The van der Waals surface area contributed by atoms with Gasteiger partial charge >= 0.3 is 6.03 Å². The van der Waals surface area contributed by atoms with Crippen molar-refractivity contribution in [2.24, 2.45) is 0 Å². The fourth-order valence-electron chi connectivity index (χ4n) is 4.07. The number of urea groups is 1. The maximum atomic E-state index is 12.6. The van der Waals surface area contributed by atoms with Gasteiger partial charge in [-0.2, -0.15) is 0 Å². The third-order valence-electron chi connectivity index (χ3n) is 5.53. The van der Waals surface area contributed by atoms with Crippen LogP contribution in [0.3, 0.4) is 0 Å². The molecule has 6 heteroatoms. The molecule has 3 rings (SSSR count). The van der Waals surface area contributed by atoms with Crippen LogP contribution < -0.4 is 5.32 Å². The van der Waals surface area contributed by atoms with Gasteiger partial charge in [0.25, 0.3) is 0 Å². The molecule has 27 heavy (non-hydrogen) atoms. The van der Waals surface area contributed by atoms with Gasteiger partial charge in [0.2, 0.25) is 5.91 Å². The minimum atomic E-state index is -0.103. The van der Waals surface area contributed by atoms with E-state index in [9.17, 15) is 9.59 Å². The molecule has 0 radical (unpaired) electrons. The normalized spacial score (nSPS) is 21.4. The van der Waals surface area contributed by atoms with Crippen molar-refractivity contribution in [2.75, 3.05) is 39.3 Å². The van der Waals surface area contributed by atoms with E-state index < -0.39 is 0 Å². The summed E-state index contributed by atoms with van der Waals surface area (Å²) in [5, 5.41) is 3.08. The molecule has 0 unspecified atom stereocenters. The van der Waals surface area contributed by atoms with E-state index in [4.69, 9.17) is 0 Å². The van der Waals surface area contributed by atoms with E-state index in [1.165, 1.54) is 12.0 Å². The Morgan fingerprint density at radius 2 is 1.96 bits per heavy atom. The van der Waals surface area contributed by atoms with Crippen molar-refractivity contribution in [2.45, 2.75) is 45.2 Å². The van der Waals surface area contributed by atoms with Gasteiger partial charge in [-0.25, -0.2) is 4.79 Å². The minimum absolute atomic E-state index is 0.0658. The molecule has 0 saturated carbocycles. The Morgan fingerprint density at radius 1 is 1.15 bits per heavy atom. The van der Waals surface area contributed by atoms with Crippen molar-refractivity contribution in [1.29, 1.82) is 0 Å². The lowest BCUT2D eigenvalue weighted by Crippen LogP contribution is -2.47. The Morgan fingerprint density at radius 3 is 2.74 bits per heavy atom. The smallest absolute Gasteiger partial charge is 0.317 e. The molecule has 0 bridgehead atoms. The summed E-state index contributed by atoms with van der Waals surface area (Å²) >= 11 is 0. The van der Waals surface area contributed by atoms with Crippen LogP contribution in [0.5, 0.6) is 0 Å². The van der Waals surface area contributed by atoms with Crippen molar-refractivity contribution < 1.29 is 9.59 Å². The molecule has 1 atom stereocenters. The van der Waals surface area contributed by atoms with E-state index >= 15 is 0 Å². The summed E-state index contributed by atoms with van der Waals surface area (Å²) < 4.78 is 0. The van der Waals surface area contributed by atoms with E-state index in [-0.39, 0.29) is 18.5 Å². The molecule has 2 fully saturated rings. The van der Waals surface area contributed by atoms with Crippen molar-refractivity contribution in [3.05, 3.63) is 35.9 Å². The van der Waals surface area contributed by atoms with Crippen LogP contribution in [0.2, 0.25) is 0 Å². The first-order valence-electron chi connectivity index (χ1n) is 10.3. The highest BCUT2D eigenvalue weighted by molar-refractivity contribution is 5.84. The Bertz CT molecular complexity index is 622. The Kier molecular flexibility index (Phi) is 7.10. The SMILES string of the molecule is CCCN1CCCN(C(=O)NC[C@@H]2CCCN2Cc2ccccc2)CC1=O. The van der Waals surface area contributed by atoms with Gasteiger partial charge < -0.3 is 15.1 Å². The topological polar surface area (TPSA) is 55.9 Å². The number of likely N-dealkylation sites (tertiary alicyclic amines) is 1. The molecule has 1 N–H and O–H groups in total. The van der Waals surface area contributed by atoms with E-state index in [1.54, 1.807) is 4.90 Å². The zero-order chi connectivity index (χ0) is 19.1. The molecule has 2 saturated heterocycles. The van der Waals surface area contributed by atoms with Crippen LogP contribution in [0.25, 0.3) is 0 Å². The largest absolute Gasteiger partial charge is 0.341 e. The van der Waals surface area contributed by atoms with Crippen molar-refractivity contribution in [3.8, 4) is 0 Å². The lowest BCUT2D eigenvalue weighted by Gasteiger charge is -2.27. The number of hydrogen-bond acceptors (Lipinski definition) is 3. The summed E-state index contributed by atoms with van der Waals surface area (Å²) in [6, 6.07) is 10.7. The van der Waals surface area contributed by atoms with Gasteiger partial charge in [-0.3, -0.25) is 9.69 Å². The Balaban J connectivity index is 1.48. The molecular weight excluding hydrogens is 340 g/mol. The molecule has 1 aromatic rings. The summed E-state index contributed by atoms with van der Waals surface area (Å²) in [7, 11) is 0. The molecular formula is C21H32N4O2. The number of rotatable bonds is 6. The molecule has 6 nitrogen and oxygen atoms in total. The first kappa shape index (κ1) is 19.7. The molecule has 1 aromatic carbocycles. The maximum absolute atomic E-state index is 12.6. The van der Waals surface area contributed by atoms with Crippen LogP contribution in [-0.4, -0.2) is 71.9 Å². The molecule has 0 aromatic heterocycles. The number of nitrogens with zero attached hydrogens (tertiary/aromatic N) is 3. The molecule has 2 aliphatic rings. The highest BCUT2D eigenvalue weighted by atomic mass is 16.2. The van der Waals surface area contributed by atoms with Gasteiger partial charge in [0.15, 0.2) is 0 Å². The average molecular weight is 373 g/mol. The second-order valence-electron chi connectivity index (χ2n) is 7.59. The van der Waals surface area contributed by atoms with Crippen molar-refractivity contribution in [3.63, 3.8) is 0 Å². The summed E-state index contributed by atoms with van der Waals surface area (Å²) in [5.74, 6) is 0.0658. The maximum Gasteiger partial charge on any atom is 0.317 e. The number of hydrogen-bond donors (Lipinski definition) is 1. The number of carbonyl (C=O) groups excluding carboxylic acids is 2. The van der Waals surface area contributed by atoms with Gasteiger partial charge in [0.1, 0.15) is 6.54 Å². The number of carbonyl (C=O) groups is 2. The molecule has 148 valence electrons. The number of benzene rings is 1. The van der Waals surface area contributed by atoms with E-state index in [1.807, 2.05) is 11.0 Å². The first-order valence-corrected chi connectivity index (χ1v) is 10.3. The zero-order valence-corrected chi connectivity index (χ0v) is 16.4. The average Bonchev–Trinajstić information content (AvgIpc) is 3.03. The third kappa shape index (κ3) is 5.45. The van der Waals surface area contributed by atoms with Crippen LogP contribution in [0, 0.1) is 0 Å². The summed E-state index contributed by atoms with van der Waals surface area (Å²) in [4.78, 5) is 30.9. The summed E-state index contributed by atoms with van der Waals surface area (Å²) in [6.07, 6.45) is 4.08. The lowest BCUT2D eigenvalue weighted by atomic mass is 10.2. The zero-order valence-electron chi connectivity index (χ0n) is 16.4. The standard InChI is InChI=1S/C21H32N4O2/c1-2-11-23-13-7-14-25(17-20(23)26)21(27)22-15-19-10-6-12-24(19)16-18-8-4-3-5-9-18/h3-5,8-9,19H,2,6-7,10-17H2,1H3,(H,22,27)/t19-/m0/s1.